The second-order valence-electron chi connectivity index (χ2n) is 5.65. The number of rotatable bonds is 15. The summed E-state index contributed by atoms with van der Waals surface area (Å²) in [4.78, 5) is 21.7. The number of ether oxygens (including phenoxy) is 1. The number of unbranched alkanes of at least 4 members (excludes halogenated alkanes) is 9. The molecule has 0 heterocycles. The summed E-state index contributed by atoms with van der Waals surface area (Å²) in [5.74, 6) is -1.00. The van der Waals surface area contributed by atoms with E-state index in [2.05, 4.69) is 6.92 Å². The third kappa shape index (κ3) is 16.9. The first-order chi connectivity index (χ1) is 10.2. The fourth-order valence-electron chi connectivity index (χ4n) is 2.22. The molecule has 0 aliphatic heterocycles. The molecule has 0 rings (SSSR count). The molecule has 0 aromatic heterocycles. The Bertz CT molecular complexity index is 264. The largest absolute Gasteiger partial charge is 0.481 e. The van der Waals surface area contributed by atoms with Gasteiger partial charge in [-0.05, 0) is 19.3 Å². The zero-order valence-corrected chi connectivity index (χ0v) is 13.6. The van der Waals surface area contributed by atoms with Gasteiger partial charge in [-0.15, -0.1) is 0 Å². The Morgan fingerprint density at radius 3 is 1.86 bits per heavy atom. The summed E-state index contributed by atoms with van der Waals surface area (Å²) >= 11 is 0. The Morgan fingerprint density at radius 2 is 1.29 bits per heavy atom. The molecule has 0 radical (unpaired) electrons. The highest BCUT2D eigenvalue weighted by molar-refractivity contribution is 5.69. The number of carboxylic acids is 1. The molecule has 0 aromatic carbocycles. The molecule has 0 saturated heterocycles. The summed E-state index contributed by atoms with van der Waals surface area (Å²) in [5, 5.41) is 8.47. The SMILES string of the molecule is CCCCCCCCCCCOC(=O)CCCCC(=O)O. The van der Waals surface area contributed by atoms with Crippen molar-refractivity contribution in [1.29, 1.82) is 0 Å². The molecule has 4 heteroatoms. The van der Waals surface area contributed by atoms with Crippen LogP contribution in [-0.4, -0.2) is 23.7 Å². The van der Waals surface area contributed by atoms with Crippen LogP contribution in [0.2, 0.25) is 0 Å². The Morgan fingerprint density at radius 1 is 0.762 bits per heavy atom. The fraction of sp³-hybridized carbons (Fsp3) is 0.882. The molecule has 0 atom stereocenters. The topological polar surface area (TPSA) is 63.6 Å². The van der Waals surface area contributed by atoms with E-state index in [9.17, 15) is 9.59 Å². The predicted molar refractivity (Wildman–Crippen MR) is 84.3 cm³/mol. The van der Waals surface area contributed by atoms with Gasteiger partial charge in [0.15, 0.2) is 0 Å². The number of carbonyl (C=O) groups excluding carboxylic acids is 1. The van der Waals surface area contributed by atoms with Crippen molar-refractivity contribution in [2.75, 3.05) is 6.61 Å². The van der Waals surface area contributed by atoms with Crippen LogP contribution < -0.4 is 0 Å². The van der Waals surface area contributed by atoms with Crippen molar-refractivity contribution in [3.05, 3.63) is 0 Å². The van der Waals surface area contributed by atoms with Crippen LogP contribution in [0.4, 0.5) is 0 Å². The quantitative estimate of drug-likeness (QED) is 0.351. The zero-order valence-electron chi connectivity index (χ0n) is 13.6. The lowest BCUT2D eigenvalue weighted by molar-refractivity contribution is -0.144. The predicted octanol–water partition coefficient (Wildman–Crippen LogP) is 4.71. The molecule has 21 heavy (non-hydrogen) atoms. The molecular weight excluding hydrogens is 268 g/mol. The van der Waals surface area contributed by atoms with Crippen molar-refractivity contribution >= 4 is 11.9 Å². The van der Waals surface area contributed by atoms with Gasteiger partial charge in [0.1, 0.15) is 0 Å². The van der Waals surface area contributed by atoms with E-state index in [1.807, 2.05) is 0 Å². The highest BCUT2D eigenvalue weighted by atomic mass is 16.5. The number of hydrogen-bond donors (Lipinski definition) is 1. The Balaban J connectivity index is 3.16. The lowest BCUT2D eigenvalue weighted by atomic mass is 10.1. The zero-order chi connectivity index (χ0) is 15.8. The van der Waals surface area contributed by atoms with Gasteiger partial charge in [0.05, 0.1) is 6.61 Å². The van der Waals surface area contributed by atoms with E-state index in [0.29, 0.717) is 25.9 Å². The Kier molecular flexibility index (Phi) is 14.6. The van der Waals surface area contributed by atoms with Crippen LogP contribution in [0.3, 0.4) is 0 Å². The second-order valence-corrected chi connectivity index (χ2v) is 5.65. The summed E-state index contributed by atoms with van der Waals surface area (Å²) < 4.78 is 5.12. The van der Waals surface area contributed by atoms with Gasteiger partial charge in [0, 0.05) is 12.8 Å². The van der Waals surface area contributed by atoms with E-state index in [-0.39, 0.29) is 12.4 Å². The smallest absolute Gasteiger partial charge is 0.305 e. The highest BCUT2D eigenvalue weighted by Crippen LogP contribution is 2.09. The third-order valence-electron chi connectivity index (χ3n) is 3.53. The van der Waals surface area contributed by atoms with Crippen LogP contribution in [0.1, 0.15) is 90.4 Å². The average molecular weight is 300 g/mol. The molecule has 1 N–H and O–H groups in total. The maximum Gasteiger partial charge on any atom is 0.305 e. The van der Waals surface area contributed by atoms with Gasteiger partial charge in [0.2, 0.25) is 0 Å². The minimum atomic E-state index is -0.807. The molecule has 0 unspecified atom stereocenters. The van der Waals surface area contributed by atoms with E-state index in [1.54, 1.807) is 0 Å². The normalized spacial score (nSPS) is 10.5. The van der Waals surface area contributed by atoms with E-state index < -0.39 is 5.97 Å². The minimum Gasteiger partial charge on any atom is -0.481 e. The molecule has 124 valence electrons. The summed E-state index contributed by atoms with van der Waals surface area (Å²) in [6, 6.07) is 0. The first-order valence-electron chi connectivity index (χ1n) is 8.54. The summed E-state index contributed by atoms with van der Waals surface area (Å²) in [7, 11) is 0. The van der Waals surface area contributed by atoms with Gasteiger partial charge in [-0.25, -0.2) is 0 Å². The number of carbonyl (C=O) groups is 2. The highest BCUT2D eigenvalue weighted by Gasteiger charge is 2.03. The molecule has 0 aliphatic rings. The molecule has 0 bridgehead atoms. The number of carboxylic acid groups (broad SMARTS) is 1. The van der Waals surface area contributed by atoms with E-state index in [4.69, 9.17) is 9.84 Å². The number of esters is 1. The van der Waals surface area contributed by atoms with Crippen molar-refractivity contribution in [2.24, 2.45) is 0 Å². The molecule has 0 fully saturated rings. The van der Waals surface area contributed by atoms with Crippen molar-refractivity contribution in [2.45, 2.75) is 90.4 Å². The van der Waals surface area contributed by atoms with Gasteiger partial charge >= 0.3 is 11.9 Å². The molecule has 0 aromatic rings. The van der Waals surface area contributed by atoms with E-state index >= 15 is 0 Å². The maximum atomic E-state index is 11.4. The summed E-state index contributed by atoms with van der Waals surface area (Å²) in [6.45, 7) is 2.74. The van der Waals surface area contributed by atoms with Crippen LogP contribution >= 0.6 is 0 Å². The van der Waals surface area contributed by atoms with E-state index in [1.165, 1.54) is 44.9 Å². The summed E-state index contributed by atoms with van der Waals surface area (Å²) in [6.07, 6.45) is 12.9. The van der Waals surface area contributed by atoms with Gasteiger partial charge in [-0.3, -0.25) is 9.59 Å². The molecule has 0 spiro atoms. The second kappa shape index (κ2) is 15.3. The van der Waals surface area contributed by atoms with Crippen molar-refractivity contribution < 1.29 is 19.4 Å². The molecule has 0 saturated carbocycles. The third-order valence-corrected chi connectivity index (χ3v) is 3.53. The van der Waals surface area contributed by atoms with Crippen LogP contribution in [-0.2, 0) is 14.3 Å². The number of aliphatic carboxylic acids is 1. The van der Waals surface area contributed by atoms with Crippen molar-refractivity contribution in [3.63, 3.8) is 0 Å². The van der Waals surface area contributed by atoms with Gasteiger partial charge < -0.3 is 9.84 Å². The molecule has 0 aliphatic carbocycles. The van der Waals surface area contributed by atoms with Crippen LogP contribution in [0, 0.1) is 0 Å². The lowest BCUT2D eigenvalue weighted by Crippen LogP contribution is -2.06. The standard InChI is InChI=1S/C17H32O4/c1-2-3-4-5-6-7-8-9-12-15-21-17(20)14-11-10-13-16(18)19/h2-15H2,1H3,(H,18,19). The lowest BCUT2D eigenvalue weighted by Gasteiger charge is -2.05. The Labute approximate surface area is 129 Å². The first-order valence-corrected chi connectivity index (χ1v) is 8.54. The Hall–Kier alpha value is -1.06. The summed E-state index contributed by atoms with van der Waals surface area (Å²) in [5.41, 5.74) is 0. The fourth-order valence-corrected chi connectivity index (χ4v) is 2.22. The monoisotopic (exact) mass is 300 g/mol. The maximum absolute atomic E-state index is 11.4. The van der Waals surface area contributed by atoms with Crippen molar-refractivity contribution in [3.8, 4) is 0 Å². The van der Waals surface area contributed by atoms with Gasteiger partial charge in [-0.1, -0.05) is 58.3 Å². The first kappa shape index (κ1) is 19.9. The van der Waals surface area contributed by atoms with Crippen LogP contribution in [0.15, 0.2) is 0 Å². The molecule has 0 amide bonds. The molecule has 4 nitrogen and oxygen atoms in total. The van der Waals surface area contributed by atoms with Crippen molar-refractivity contribution in [1.82, 2.24) is 0 Å². The number of hydrogen-bond acceptors (Lipinski definition) is 3. The molecular formula is C17H32O4. The van der Waals surface area contributed by atoms with Gasteiger partial charge in [-0.2, -0.15) is 0 Å². The van der Waals surface area contributed by atoms with Crippen LogP contribution in [0.25, 0.3) is 0 Å². The van der Waals surface area contributed by atoms with Crippen LogP contribution in [0.5, 0.6) is 0 Å². The minimum absolute atomic E-state index is 0.130. The average Bonchev–Trinajstić information content (AvgIpc) is 2.45. The van der Waals surface area contributed by atoms with E-state index in [0.717, 1.165) is 12.8 Å². The van der Waals surface area contributed by atoms with Gasteiger partial charge in [0.25, 0.3) is 0 Å².